The molecule has 128 valence electrons. The molecule has 0 fully saturated rings. The smallest absolute Gasteiger partial charge is 0.260 e. The lowest BCUT2D eigenvalue weighted by Gasteiger charge is -2.36. The lowest BCUT2D eigenvalue weighted by atomic mass is 9.91. The van der Waals surface area contributed by atoms with E-state index >= 15 is 0 Å². The summed E-state index contributed by atoms with van der Waals surface area (Å²) in [5.41, 5.74) is 1.95. The third-order valence-electron chi connectivity index (χ3n) is 4.03. The lowest BCUT2D eigenvalue weighted by Crippen LogP contribution is -2.35. The van der Waals surface area contributed by atoms with Crippen LogP contribution in [-0.4, -0.2) is 28.0 Å². The summed E-state index contributed by atoms with van der Waals surface area (Å²) in [7, 11) is 1.76. The van der Waals surface area contributed by atoms with Gasteiger partial charge in [-0.05, 0) is 38.4 Å². The van der Waals surface area contributed by atoms with Gasteiger partial charge in [-0.15, -0.1) is 0 Å². The molecule has 0 bridgehead atoms. The molecule has 0 saturated heterocycles. The van der Waals surface area contributed by atoms with Gasteiger partial charge in [-0.3, -0.25) is 4.79 Å². The number of aliphatic hydroxyl groups excluding tert-OH is 1. The van der Waals surface area contributed by atoms with Crippen LogP contribution >= 0.6 is 11.5 Å². The van der Waals surface area contributed by atoms with Crippen molar-refractivity contribution in [3.8, 4) is 5.75 Å². The molecular formula is C17H21N3O3S. The summed E-state index contributed by atoms with van der Waals surface area (Å²) in [6, 6.07) is 5.40. The number of fused-ring (bicyclic) bond motifs is 1. The monoisotopic (exact) mass is 347 g/mol. The minimum absolute atomic E-state index is 0.250. The first-order chi connectivity index (χ1) is 11.3. The van der Waals surface area contributed by atoms with Crippen molar-refractivity contribution >= 4 is 28.1 Å². The molecule has 2 heterocycles. The molecular weight excluding hydrogens is 326 g/mol. The molecule has 1 aliphatic rings. The fourth-order valence-electron chi connectivity index (χ4n) is 2.92. The van der Waals surface area contributed by atoms with E-state index in [1.54, 1.807) is 26.1 Å². The van der Waals surface area contributed by atoms with Gasteiger partial charge in [0, 0.05) is 19.0 Å². The number of para-hydroxylation sites is 1. The molecule has 1 aromatic heterocycles. The van der Waals surface area contributed by atoms with E-state index in [0.717, 1.165) is 5.00 Å². The molecule has 3 rings (SSSR count). The van der Waals surface area contributed by atoms with Gasteiger partial charge in [0.2, 0.25) is 0 Å². The number of nitrogens with one attached hydrogen (secondary N) is 2. The van der Waals surface area contributed by atoms with Crippen molar-refractivity contribution in [1.82, 2.24) is 4.37 Å². The van der Waals surface area contributed by atoms with Crippen LogP contribution in [0.4, 0.5) is 10.7 Å². The van der Waals surface area contributed by atoms with Crippen molar-refractivity contribution in [3.63, 3.8) is 0 Å². The average Bonchev–Trinajstić information content (AvgIpc) is 2.88. The number of ether oxygens (including phenoxy) is 1. The first kappa shape index (κ1) is 16.7. The molecule has 1 amide bonds. The zero-order valence-electron chi connectivity index (χ0n) is 14.1. The van der Waals surface area contributed by atoms with Crippen LogP contribution in [0.1, 0.15) is 48.0 Å². The van der Waals surface area contributed by atoms with Gasteiger partial charge < -0.3 is 20.5 Å². The SMILES string of the molecule is CNc1snc(C)c1C(=O)Nc1cccc2c1OC(C)(C)CC2O. The second-order valence-corrected chi connectivity index (χ2v) is 7.26. The topological polar surface area (TPSA) is 83.5 Å². The number of anilines is 2. The lowest BCUT2D eigenvalue weighted by molar-refractivity contribution is 0.0121. The van der Waals surface area contributed by atoms with Crippen molar-refractivity contribution in [1.29, 1.82) is 0 Å². The summed E-state index contributed by atoms with van der Waals surface area (Å²) in [6.07, 6.45) is -0.104. The Balaban J connectivity index is 1.96. The maximum Gasteiger partial charge on any atom is 0.260 e. The second-order valence-electron chi connectivity index (χ2n) is 6.48. The van der Waals surface area contributed by atoms with Gasteiger partial charge in [0.15, 0.2) is 0 Å². The highest BCUT2D eigenvalue weighted by atomic mass is 32.1. The highest BCUT2D eigenvalue weighted by Gasteiger charge is 2.34. The maximum absolute atomic E-state index is 12.7. The minimum Gasteiger partial charge on any atom is -0.485 e. The summed E-state index contributed by atoms with van der Waals surface area (Å²) in [4.78, 5) is 12.7. The number of benzene rings is 1. The molecule has 0 aliphatic carbocycles. The van der Waals surface area contributed by atoms with Gasteiger partial charge in [0.05, 0.1) is 23.0 Å². The van der Waals surface area contributed by atoms with Crippen LogP contribution in [-0.2, 0) is 0 Å². The van der Waals surface area contributed by atoms with E-state index in [9.17, 15) is 9.90 Å². The fraction of sp³-hybridized carbons (Fsp3) is 0.412. The Kier molecular flexibility index (Phi) is 4.23. The van der Waals surface area contributed by atoms with Gasteiger partial charge in [0.1, 0.15) is 16.4 Å². The van der Waals surface area contributed by atoms with E-state index in [4.69, 9.17) is 4.74 Å². The molecule has 0 radical (unpaired) electrons. The standard InChI is InChI=1S/C17H21N3O3S/c1-9-13(16(18-4)24-20-9)15(22)19-11-7-5-6-10-12(21)8-17(2,3)23-14(10)11/h5-7,12,18,21H,8H2,1-4H3,(H,19,22). The molecule has 2 aromatic rings. The van der Waals surface area contributed by atoms with Gasteiger partial charge in [-0.2, -0.15) is 4.37 Å². The van der Waals surface area contributed by atoms with Crippen molar-refractivity contribution in [2.24, 2.45) is 0 Å². The quantitative estimate of drug-likeness (QED) is 0.793. The summed E-state index contributed by atoms with van der Waals surface area (Å²) in [5.74, 6) is 0.280. The van der Waals surface area contributed by atoms with Crippen molar-refractivity contribution < 1.29 is 14.6 Å². The van der Waals surface area contributed by atoms with Crippen LogP contribution in [0.15, 0.2) is 18.2 Å². The third-order valence-corrected chi connectivity index (χ3v) is 4.99. The maximum atomic E-state index is 12.7. The molecule has 0 spiro atoms. The predicted molar refractivity (Wildman–Crippen MR) is 95.1 cm³/mol. The largest absolute Gasteiger partial charge is 0.485 e. The van der Waals surface area contributed by atoms with Crippen LogP contribution in [0.5, 0.6) is 5.75 Å². The summed E-state index contributed by atoms with van der Waals surface area (Å²) in [5, 5.41) is 17.0. The molecule has 7 heteroatoms. The molecule has 1 aromatic carbocycles. The highest BCUT2D eigenvalue weighted by molar-refractivity contribution is 7.10. The number of hydrogen-bond acceptors (Lipinski definition) is 6. The van der Waals surface area contributed by atoms with Crippen LogP contribution < -0.4 is 15.4 Å². The van der Waals surface area contributed by atoms with E-state index < -0.39 is 11.7 Å². The number of carbonyl (C=O) groups is 1. The number of carbonyl (C=O) groups excluding carboxylic acids is 1. The van der Waals surface area contributed by atoms with Crippen LogP contribution in [0.25, 0.3) is 0 Å². The fourth-order valence-corrected chi connectivity index (χ4v) is 3.66. The van der Waals surface area contributed by atoms with Gasteiger partial charge >= 0.3 is 0 Å². The van der Waals surface area contributed by atoms with Gasteiger partial charge in [-0.1, -0.05) is 12.1 Å². The zero-order valence-corrected chi connectivity index (χ0v) is 15.0. The van der Waals surface area contributed by atoms with Crippen LogP contribution in [0, 0.1) is 6.92 Å². The Morgan fingerprint density at radius 1 is 1.46 bits per heavy atom. The number of nitrogens with zero attached hydrogens (tertiary/aromatic N) is 1. The molecule has 6 nitrogen and oxygen atoms in total. The number of aromatic nitrogens is 1. The Morgan fingerprint density at radius 3 is 2.92 bits per heavy atom. The molecule has 3 N–H and O–H groups in total. The van der Waals surface area contributed by atoms with E-state index in [1.807, 2.05) is 19.9 Å². The molecule has 1 aliphatic heterocycles. The van der Waals surface area contributed by atoms with Crippen molar-refractivity contribution in [3.05, 3.63) is 35.0 Å². The Hall–Kier alpha value is -2.12. The Bertz CT molecular complexity index is 785. The normalized spacial score (nSPS) is 18.5. The number of amides is 1. The molecule has 1 unspecified atom stereocenters. The minimum atomic E-state index is -0.613. The molecule has 24 heavy (non-hydrogen) atoms. The first-order valence-corrected chi connectivity index (χ1v) is 8.55. The molecule has 1 atom stereocenters. The summed E-state index contributed by atoms with van der Waals surface area (Å²) in [6.45, 7) is 5.64. The van der Waals surface area contributed by atoms with E-state index in [-0.39, 0.29) is 5.91 Å². The van der Waals surface area contributed by atoms with E-state index in [0.29, 0.717) is 34.7 Å². The summed E-state index contributed by atoms with van der Waals surface area (Å²) >= 11 is 1.25. The second kappa shape index (κ2) is 6.07. The predicted octanol–water partition coefficient (Wildman–Crippen LogP) is 3.34. The number of hydrogen-bond donors (Lipinski definition) is 3. The first-order valence-electron chi connectivity index (χ1n) is 7.78. The van der Waals surface area contributed by atoms with Gasteiger partial charge in [0.25, 0.3) is 5.91 Å². The Labute approximate surface area is 145 Å². The van der Waals surface area contributed by atoms with E-state index in [2.05, 4.69) is 15.0 Å². The highest BCUT2D eigenvalue weighted by Crippen LogP contribution is 2.43. The van der Waals surface area contributed by atoms with Crippen LogP contribution in [0.2, 0.25) is 0 Å². The zero-order chi connectivity index (χ0) is 17.5. The number of rotatable bonds is 3. The average molecular weight is 347 g/mol. The number of aliphatic hydroxyl groups is 1. The van der Waals surface area contributed by atoms with Crippen LogP contribution in [0.3, 0.4) is 0 Å². The van der Waals surface area contributed by atoms with E-state index in [1.165, 1.54) is 11.5 Å². The van der Waals surface area contributed by atoms with Crippen molar-refractivity contribution in [2.45, 2.75) is 38.9 Å². The third kappa shape index (κ3) is 2.97. The Morgan fingerprint density at radius 2 is 2.21 bits per heavy atom. The van der Waals surface area contributed by atoms with Gasteiger partial charge in [-0.25, -0.2) is 0 Å². The van der Waals surface area contributed by atoms with Crippen molar-refractivity contribution in [2.75, 3.05) is 17.7 Å². The molecule has 0 saturated carbocycles. The summed E-state index contributed by atoms with van der Waals surface area (Å²) < 4.78 is 10.2. The number of aryl methyl sites for hydroxylation is 1.